The molecule has 6 heteroatoms. The van der Waals surface area contributed by atoms with Gasteiger partial charge in [0, 0.05) is 43.7 Å². The number of likely N-dealkylation sites (tertiary alicyclic amines) is 1. The number of anilines is 1. The molecule has 2 fully saturated rings. The lowest BCUT2D eigenvalue weighted by Gasteiger charge is -2.23. The standard InChI is InChI=1S/C16H20N4O2/c17-16(21)14-6-15(18-22-14)20-9-11-7-19(8-12(11)10-20)13-4-2-1-3-5-13/h1-5,11-12,14H,6-10H2,(H2,17,21). The number of fused-ring (bicyclic) bond motifs is 1. The normalized spacial score (nSPS) is 30.2. The Balaban J connectivity index is 1.37. The molecule has 116 valence electrons. The molecule has 4 rings (SSSR count). The number of nitrogens with zero attached hydrogens (tertiary/aromatic N) is 3. The molecule has 2 saturated heterocycles. The highest BCUT2D eigenvalue weighted by atomic mass is 16.6. The van der Waals surface area contributed by atoms with E-state index in [-0.39, 0.29) is 0 Å². The Hall–Kier alpha value is -2.24. The smallest absolute Gasteiger partial charge is 0.261 e. The van der Waals surface area contributed by atoms with E-state index >= 15 is 0 Å². The Kier molecular flexibility index (Phi) is 3.17. The Morgan fingerprint density at radius 1 is 1.09 bits per heavy atom. The number of hydrogen-bond acceptors (Lipinski definition) is 5. The third-order valence-electron chi connectivity index (χ3n) is 4.94. The summed E-state index contributed by atoms with van der Waals surface area (Å²) in [6, 6.07) is 10.6. The number of carbonyl (C=O) groups is 1. The molecule has 22 heavy (non-hydrogen) atoms. The van der Waals surface area contributed by atoms with Crippen molar-refractivity contribution in [3.8, 4) is 0 Å². The molecule has 3 atom stereocenters. The summed E-state index contributed by atoms with van der Waals surface area (Å²) >= 11 is 0. The summed E-state index contributed by atoms with van der Waals surface area (Å²) in [7, 11) is 0. The summed E-state index contributed by atoms with van der Waals surface area (Å²) < 4.78 is 0. The summed E-state index contributed by atoms with van der Waals surface area (Å²) in [5.74, 6) is 1.74. The van der Waals surface area contributed by atoms with Crippen molar-refractivity contribution in [2.24, 2.45) is 22.7 Å². The van der Waals surface area contributed by atoms with Crippen LogP contribution in [0.25, 0.3) is 0 Å². The lowest BCUT2D eigenvalue weighted by atomic mass is 10.0. The van der Waals surface area contributed by atoms with Crippen molar-refractivity contribution in [2.45, 2.75) is 12.5 Å². The van der Waals surface area contributed by atoms with Crippen molar-refractivity contribution in [3.05, 3.63) is 30.3 Å². The van der Waals surface area contributed by atoms with Gasteiger partial charge in [0.25, 0.3) is 5.91 Å². The summed E-state index contributed by atoms with van der Waals surface area (Å²) in [4.78, 5) is 21.0. The Bertz CT molecular complexity index is 589. The number of primary amides is 1. The van der Waals surface area contributed by atoms with Gasteiger partial charge in [0.2, 0.25) is 6.10 Å². The van der Waals surface area contributed by atoms with Crippen LogP contribution in [0.5, 0.6) is 0 Å². The van der Waals surface area contributed by atoms with E-state index in [1.807, 2.05) is 0 Å². The molecule has 0 saturated carbocycles. The quantitative estimate of drug-likeness (QED) is 0.870. The van der Waals surface area contributed by atoms with Crippen LogP contribution in [0.3, 0.4) is 0 Å². The van der Waals surface area contributed by atoms with Crippen LogP contribution in [-0.4, -0.2) is 48.9 Å². The molecule has 0 bridgehead atoms. The van der Waals surface area contributed by atoms with E-state index in [9.17, 15) is 4.79 Å². The fourth-order valence-corrected chi connectivity index (χ4v) is 3.76. The zero-order chi connectivity index (χ0) is 15.1. The maximum absolute atomic E-state index is 11.2. The summed E-state index contributed by atoms with van der Waals surface area (Å²) in [5, 5.41) is 4.05. The molecule has 3 aliphatic rings. The van der Waals surface area contributed by atoms with Gasteiger partial charge >= 0.3 is 0 Å². The summed E-state index contributed by atoms with van der Waals surface area (Å²) in [6.07, 6.45) is -0.0757. The fourth-order valence-electron chi connectivity index (χ4n) is 3.76. The number of nitrogens with two attached hydrogens (primary N) is 1. The Labute approximate surface area is 129 Å². The molecule has 2 N–H and O–H groups in total. The first-order chi connectivity index (χ1) is 10.7. The SMILES string of the molecule is NC(=O)C1CC(N2CC3CN(c4ccccc4)CC3C2)=NO1. The molecule has 3 aliphatic heterocycles. The van der Waals surface area contributed by atoms with Crippen LogP contribution in [0.15, 0.2) is 35.5 Å². The number of amides is 1. The number of para-hydroxylation sites is 1. The number of rotatable bonds is 2. The highest BCUT2D eigenvalue weighted by Gasteiger charge is 2.42. The second kappa shape index (κ2) is 5.19. The molecule has 0 radical (unpaired) electrons. The van der Waals surface area contributed by atoms with Gasteiger partial charge in [0.05, 0.1) is 6.42 Å². The van der Waals surface area contributed by atoms with Gasteiger partial charge in [-0.3, -0.25) is 4.79 Å². The zero-order valence-corrected chi connectivity index (χ0v) is 12.4. The molecule has 6 nitrogen and oxygen atoms in total. The minimum Gasteiger partial charge on any atom is -0.380 e. The third-order valence-corrected chi connectivity index (χ3v) is 4.94. The molecule has 0 spiro atoms. The largest absolute Gasteiger partial charge is 0.380 e. The number of benzene rings is 1. The van der Waals surface area contributed by atoms with Gasteiger partial charge in [0.1, 0.15) is 5.84 Å². The first-order valence-electron chi connectivity index (χ1n) is 7.77. The van der Waals surface area contributed by atoms with Gasteiger partial charge in [-0.2, -0.15) is 0 Å². The predicted molar refractivity (Wildman–Crippen MR) is 83.3 cm³/mol. The average molecular weight is 300 g/mol. The van der Waals surface area contributed by atoms with Gasteiger partial charge in [-0.25, -0.2) is 0 Å². The van der Waals surface area contributed by atoms with E-state index in [1.54, 1.807) is 0 Å². The molecule has 0 aliphatic carbocycles. The second-order valence-corrected chi connectivity index (χ2v) is 6.37. The van der Waals surface area contributed by atoms with Gasteiger partial charge in [-0.15, -0.1) is 0 Å². The molecule has 1 aromatic rings. The van der Waals surface area contributed by atoms with Crippen molar-refractivity contribution >= 4 is 17.4 Å². The molecule has 3 unspecified atom stereocenters. The van der Waals surface area contributed by atoms with Crippen molar-refractivity contribution in [1.29, 1.82) is 0 Å². The molecular weight excluding hydrogens is 280 g/mol. The lowest BCUT2D eigenvalue weighted by molar-refractivity contribution is -0.127. The first-order valence-corrected chi connectivity index (χ1v) is 7.77. The van der Waals surface area contributed by atoms with Crippen LogP contribution in [0.1, 0.15) is 6.42 Å². The molecular formula is C16H20N4O2. The van der Waals surface area contributed by atoms with Gasteiger partial charge in [-0.1, -0.05) is 23.4 Å². The van der Waals surface area contributed by atoms with Crippen molar-refractivity contribution in [1.82, 2.24) is 4.90 Å². The highest BCUT2D eigenvalue weighted by molar-refractivity contribution is 5.91. The van der Waals surface area contributed by atoms with Crippen LogP contribution in [0, 0.1) is 11.8 Å². The number of oxime groups is 1. The number of carbonyl (C=O) groups excluding carboxylic acids is 1. The maximum atomic E-state index is 11.2. The average Bonchev–Trinajstić information content (AvgIpc) is 3.21. The van der Waals surface area contributed by atoms with E-state index in [4.69, 9.17) is 10.6 Å². The van der Waals surface area contributed by atoms with Crippen molar-refractivity contribution in [2.75, 3.05) is 31.1 Å². The third kappa shape index (κ3) is 2.28. The molecule has 1 amide bonds. The van der Waals surface area contributed by atoms with E-state index in [1.165, 1.54) is 5.69 Å². The van der Waals surface area contributed by atoms with E-state index in [0.29, 0.717) is 18.3 Å². The highest BCUT2D eigenvalue weighted by Crippen LogP contribution is 2.34. The second-order valence-electron chi connectivity index (χ2n) is 6.37. The topological polar surface area (TPSA) is 71.2 Å². The molecule has 1 aromatic carbocycles. The van der Waals surface area contributed by atoms with Gasteiger partial charge in [0.15, 0.2) is 0 Å². The van der Waals surface area contributed by atoms with E-state index in [0.717, 1.165) is 32.0 Å². The summed E-state index contributed by atoms with van der Waals surface area (Å²) in [6.45, 7) is 4.14. The summed E-state index contributed by atoms with van der Waals surface area (Å²) in [5.41, 5.74) is 6.58. The molecule has 0 aromatic heterocycles. The predicted octanol–water partition coefficient (Wildman–Crippen LogP) is 0.642. The fraction of sp³-hybridized carbons (Fsp3) is 0.500. The van der Waals surface area contributed by atoms with Crippen molar-refractivity contribution in [3.63, 3.8) is 0 Å². The van der Waals surface area contributed by atoms with Crippen LogP contribution >= 0.6 is 0 Å². The minimum atomic E-state index is -0.587. The monoisotopic (exact) mass is 300 g/mol. The van der Waals surface area contributed by atoms with Gasteiger partial charge in [-0.05, 0) is 12.1 Å². The van der Waals surface area contributed by atoms with Crippen LogP contribution in [0.2, 0.25) is 0 Å². The van der Waals surface area contributed by atoms with Crippen LogP contribution < -0.4 is 10.6 Å². The Morgan fingerprint density at radius 3 is 2.32 bits per heavy atom. The first kappa shape index (κ1) is 13.4. The van der Waals surface area contributed by atoms with Crippen LogP contribution in [-0.2, 0) is 9.63 Å². The van der Waals surface area contributed by atoms with Gasteiger partial charge < -0.3 is 20.4 Å². The van der Waals surface area contributed by atoms with Crippen LogP contribution in [0.4, 0.5) is 5.69 Å². The minimum absolute atomic E-state index is 0.437. The zero-order valence-electron chi connectivity index (χ0n) is 12.4. The van der Waals surface area contributed by atoms with E-state index in [2.05, 4.69) is 45.3 Å². The van der Waals surface area contributed by atoms with Crippen molar-refractivity contribution < 1.29 is 9.63 Å². The number of hydrogen-bond donors (Lipinski definition) is 1. The molecule has 3 heterocycles. The lowest BCUT2D eigenvalue weighted by Crippen LogP contribution is -2.35. The Morgan fingerprint density at radius 2 is 1.73 bits per heavy atom. The van der Waals surface area contributed by atoms with E-state index < -0.39 is 12.0 Å². The number of amidine groups is 1. The maximum Gasteiger partial charge on any atom is 0.261 e.